The molecule has 2 rings (SSSR count). The van der Waals surface area contributed by atoms with Crippen LogP contribution < -0.4 is 0 Å². The summed E-state index contributed by atoms with van der Waals surface area (Å²) in [5, 5.41) is 0.435. The van der Waals surface area contributed by atoms with E-state index in [0.717, 1.165) is 6.42 Å². The van der Waals surface area contributed by atoms with Crippen molar-refractivity contribution in [1.82, 2.24) is 9.55 Å². The lowest BCUT2D eigenvalue weighted by Crippen LogP contribution is -2.04. The van der Waals surface area contributed by atoms with Crippen molar-refractivity contribution < 1.29 is 0 Å². The maximum atomic E-state index is 4.18. The molecule has 0 aliphatic rings. The van der Waals surface area contributed by atoms with Crippen molar-refractivity contribution >= 4 is 11.8 Å². The first-order valence-corrected chi connectivity index (χ1v) is 6.39. The summed E-state index contributed by atoms with van der Waals surface area (Å²) in [6.45, 7) is 4.31. The quantitative estimate of drug-likeness (QED) is 0.744. The molecule has 1 aromatic carbocycles. The number of nitrogens with zero attached hydrogens (tertiary/aromatic N) is 2. The van der Waals surface area contributed by atoms with Gasteiger partial charge in [-0.3, -0.25) is 0 Å². The Morgan fingerprint density at radius 1 is 1.31 bits per heavy atom. The minimum atomic E-state index is 0.435. The second kappa shape index (κ2) is 5.21. The average Bonchev–Trinajstić information content (AvgIpc) is 2.74. The van der Waals surface area contributed by atoms with E-state index in [2.05, 4.69) is 47.7 Å². The number of hydrogen-bond acceptors (Lipinski definition) is 2. The Morgan fingerprint density at radius 2 is 2.06 bits per heavy atom. The fourth-order valence-corrected chi connectivity index (χ4v) is 2.79. The normalized spacial score (nSPS) is 12.6. The zero-order valence-corrected chi connectivity index (χ0v) is 10.4. The average molecular weight is 232 g/mol. The Hall–Kier alpha value is -1.22. The van der Waals surface area contributed by atoms with E-state index < -0.39 is 0 Å². The van der Waals surface area contributed by atoms with Gasteiger partial charge in [0.2, 0.25) is 0 Å². The number of rotatable bonds is 4. The number of thioether (sulfide) groups is 1. The van der Waals surface area contributed by atoms with Crippen LogP contribution in [0.1, 0.15) is 24.4 Å². The van der Waals surface area contributed by atoms with E-state index in [4.69, 9.17) is 0 Å². The topological polar surface area (TPSA) is 17.8 Å². The SMILES string of the molecule is CCC(Sc1ccccc1)n1cncc1C. The molecule has 84 valence electrons. The van der Waals surface area contributed by atoms with Crippen LogP contribution in [0.4, 0.5) is 0 Å². The first-order valence-electron chi connectivity index (χ1n) is 5.51. The number of aryl methyl sites for hydroxylation is 1. The molecule has 16 heavy (non-hydrogen) atoms. The highest BCUT2D eigenvalue weighted by molar-refractivity contribution is 7.99. The lowest BCUT2D eigenvalue weighted by atomic mass is 10.4. The van der Waals surface area contributed by atoms with Gasteiger partial charge in [0.05, 0.1) is 11.7 Å². The smallest absolute Gasteiger partial charge is 0.0957 e. The van der Waals surface area contributed by atoms with E-state index in [-0.39, 0.29) is 0 Å². The molecule has 0 N–H and O–H groups in total. The Bertz CT molecular complexity index is 436. The van der Waals surface area contributed by atoms with Crippen LogP contribution in [0, 0.1) is 6.92 Å². The molecule has 0 radical (unpaired) electrons. The van der Waals surface area contributed by atoms with Gasteiger partial charge in [0.15, 0.2) is 0 Å². The molecular weight excluding hydrogens is 216 g/mol. The highest BCUT2D eigenvalue weighted by atomic mass is 32.2. The van der Waals surface area contributed by atoms with E-state index in [0.29, 0.717) is 5.37 Å². The van der Waals surface area contributed by atoms with E-state index in [1.807, 2.05) is 30.4 Å². The van der Waals surface area contributed by atoms with Crippen LogP contribution in [-0.4, -0.2) is 9.55 Å². The van der Waals surface area contributed by atoms with Gasteiger partial charge in [-0.25, -0.2) is 4.98 Å². The van der Waals surface area contributed by atoms with E-state index >= 15 is 0 Å². The summed E-state index contributed by atoms with van der Waals surface area (Å²) in [5.41, 5.74) is 1.22. The molecule has 1 atom stereocenters. The Balaban J connectivity index is 2.16. The van der Waals surface area contributed by atoms with E-state index in [1.165, 1.54) is 10.6 Å². The number of aromatic nitrogens is 2. The molecule has 0 amide bonds. The molecule has 0 spiro atoms. The molecule has 0 aliphatic heterocycles. The Morgan fingerprint density at radius 3 is 2.62 bits per heavy atom. The third-order valence-corrected chi connectivity index (χ3v) is 3.91. The Kier molecular flexibility index (Phi) is 3.67. The maximum Gasteiger partial charge on any atom is 0.0957 e. The second-order valence-electron chi connectivity index (χ2n) is 3.74. The lowest BCUT2D eigenvalue weighted by Gasteiger charge is -2.17. The predicted octanol–water partition coefficient (Wildman–Crippen LogP) is 3.89. The van der Waals surface area contributed by atoms with Crippen molar-refractivity contribution in [2.24, 2.45) is 0 Å². The van der Waals surface area contributed by atoms with Gasteiger partial charge in [0.25, 0.3) is 0 Å². The third-order valence-electron chi connectivity index (χ3n) is 2.53. The second-order valence-corrected chi connectivity index (χ2v) is 4.99. The van der Waals surface area contributed by atoms with Crippen LogP contribution in [0.2, 0.25) is 0 Å². The first-order chi connectivity index (χ1) is 7.81. The van der Waals surface area contributed by atoms with Crippen LogP contribution in [-0.2, 0) is 0 Å². The van der Waals surface area contributed by atoms with Crippen LogP contribution in [0.3, 0.4) is 0 Å². The van der Waals surface area contributed by atoms with Gasteiger partial charge in [0.1, 0.15) is 0 Å². The molecule has 2 aromatic rings. The predicted molar refractivity (Wildman–Crippen MR) is 68.6 cm³/mol. The van der Waals surface area contributed by atoms with Gasteiger partial charge < -0.3 is 4.57 Å². The maximum absolute atomic E-state index is 4.18. The zero-order chi connectivity index (χ0) is 11.4. The number of hydrogen-bond donors (Lipinski definition) is 0. The first kappa shape index (κ1) is 11.3. The fraction of sp³-hybridized carbons (Fsp3) is 0.308. The van der Waals surface area contributed by atoms with Gasteiger partial charge >= 0.3 is 0 Å². The van der Waals surface area contributed by atoms with Crippen LogP contribution in [0.5, 0.6) is 0 Å². The summed E-state index contributed by atoms with van der Waals surface area (Å²) in [6, 6.07) is 10.5. The van der Waals surface area contributed by atoms with Gasteiger partial charge in [0, 0.05) is 16.8 Å². The van der Waals surface area contributed by atoms with Crippen LogP contribution in [0.15, 0.2) is 47.8 Å². The van der Waals surface area contributed by atoms with E-state index in [1.54, 1.807) is 0 Å². The van der Waals surface area contributed by atoms with Gasteiger partial charge in [-0.1, -0.05) is 25.1 Å². The minimum absolute atomic E-state index is 0.435. The molecule has 0 aliphatic carbocycles. The molecule has 1 aromatic heterocycles. The van der Waals surface area contributed by atoms with Crippen molar-refractivity contribution in [3.8, 4) is 0 Å². The van der Waals surface area contributed by atoms with E-state index in [9.17, 15) is 0 Å². The molecule has 1 heterocycles. The van der Waals surface area contributed by atoms with Crippen molar-refractivity contribution in [3.63, 3.8) is 0 Å². The van der Waals surface area contributed by atoms with Gasteiger partial charge in [-0.05, 0) is 25.5 Å². The van der Waals surface area contributed by atoms with Crippen molar-refractivity contribution in [3.05, 3.63) is 48.5 Å². The van der Waals surface area contributed by atoms with Crippen LogP contribution in [0.25, 0.3) is 0 Å². The highest BCUT2D eigenvalue weighted by Gasteiger charge is 2.11. The van der Waals surface area contributed by atoms with Gasteiger partial charge in [-0.2, -0.15) is 0 Å². The molecule has 0 saturated heterocycles. The molecule has 1 unspecified atom stereocenters. The number of benzene rings is 1. The third kappa shape index (κ3) is 2.47. The van der Waals surface area contributed by atoms with Crippen molar-refractivity contribution in [2.75, 3.05) is 0 Å². The van der Waals surface area contributed by atoms with Crippen molar-refractivity contribution in [1.29, 1.82) is 0 Å². The van der Waals surface area contributed by atoms with Crippen molar-refractivity contribution in [2.45, 2.75) is 30.5 Å². The standard InChI is InChI=1S/C13H16N2S/c1-3-13(15-10-14-9-11(15)2)16-12-7-5-4-6-8-12/h4-10,13H,3H2,1-2H3. The van der Waals surface area contributed by atoms with Gasteiger partial charge in [-0.15, -0.1) is 11.8 Å². The molecule has 0 fully saturated rings. The summed E-state index contributed by atoms with van der Waals surface area (Å²) in [6.07, 6.45) is 4.92. The fourth-order valence-electron chi connectivity index (χ4n) is 1.67. The summed E-state index contributed by atoms with van der Waals surface area (Å²) in [5.74, 6) is 0. The number of imidazole rings is 1. The molecule has 0 saturated carbocycles. The molecule has 2 nitrogen and oxygen atoms in total. The molecule has 3 heteroatoms. The highest BCUT2D eigenvalue weighted by Crippen LogP contribution is 2.33. The monoisotopic (exact) mass is 232 g/mol. The summed E-state index contributed by atoms with van der Waals surface area (Å²) >= 11 is 1.88. The molecular formula is C13H16N2S. The minimum Gasteiger partial charge on any atom is -0.322 e. The Labute approximate surface area is 101 Å². The molecule has 0 bridgehead atoms. The summed E-state index contributed by atoms with van der Waals surface area (Å²) < 4.78 is 2.23. The van der Waals surface area contributed by atoms with Crippen LogP contribution >= 0.6 is 11.8 Å². The zero-order valence-electron chi connectivity index (χ0n) is 9.63. The summed E-state index contributed by atoms with van der Waals surface area (Å²) in [7, 11) is 0. The largest absolute Gasteiger partial charge is 0.322 e. The lowest BCUT2D eigenvalue weighted by molar-refractivity contribution is 0.641. The summed E-state index contributed by atoms with van der Waals surface area (Å²) in [4.78, 5) is 5.49.